The Labute approximate surface area is 125 Å². The highest BCUT2D eigenvalue weighted by atomic mass is 32.1. The molecule has 1 heterocycles. The molecule has 2 aromatic rings. The fourth-order valence-corrected chi connectivity index (χ4v) is 3.05. The molecule has 1 aromatic carbocycles. The molecule has 0 radical (unpaired) electrons. The van der Waals surface area contributed by atoms with Crippen LogP contribution < -0.4 is 10.1 Å². The molecule has 3 heteroatoms. The second kappa shape index (κ2) is 7.46. The SMILES string of the molecule is CCOc1ccc(C(C)NC(C)Cc2ccsc2)cc1. The van der Waals surface area contributed by atoms with Gasteiger partial charge in [-0.1, -0.05) is 12.1 Å². The topological polar surface area (TPSA) is 21.3 Å². The summed E-state index contributed by atoms with van der Waals surface area (Å²) in [6, 6.07) is 11.4. The summed E-state index contributed by atoms with van der Waals surface area (Å²) in [5.41, 5.74) is 2.71. The van der Waals surface area contributed by atoms with Gasteiger partial charge < -0.3 is 10.1 Å². The number of ether oxygens (including phenoxy) is 1. The zero-order valence-corrected chi connectivity index (χ0v) is 13.2. The van der Waals surface area contributed by atoms with E-state index in [1.165, 1.54) is 11.1 Å². The van der Waals surface area contributed by atoms with Gasteiger partial charge in [-0.2, -0.15) is 11.3 Å². The van der Waals surface area contributed by atoms with Gasteiger partial charge in [0.15, 0.2) is 0 Å². The molecule has 2 atom stereocenters. The number of nitrogens with one attached hydrogen (secondary N) is 1. The van der Waals surface area contributed by atoms with Crippen LogP contribution in [0.5, 0.6) is 5.75 Å². The van der Waals surface area contributed by atoms with Crippen LogP contribution in [0.2, 0.25) is 0 Å². The third-order valence-corrected chi connectivity index (χ3v) is 4.08. The molecular weight excluding hydrogens is 266 g/mol. The highest BCUT2D eigenvalue weighted by molar-refractivity contribution is 7.07. The Hall–Kier alpha value is -1.32. The lowest BCUT2D eigenvalue weighted by atomic mass is 10.1. The molecule has 0 aliphatic rings. The number of hydrogen-bond acceptors (Lipinski definition) is 3. The molecule has 0 saturated heterocycles. The number of hydrogen-bond donors (Lipinski definition) is 1. The van der Waals surface area contributed by atoms with Gasteiger partial charge in [-0.15, -0.1) is 0 Å². The fraction of sp³-hybridized carbons (Fsp3) is 0.412. The van der Waals surface area contributed by atoms with E-state index in [0.29, 0.717) is 18.7 Å². The van der Waals surface area contributed by atoms with Crippen LogP contribution in [0.25, 0.3) is 0 Å². The zero-order chi connectivity index (χ0) is 14.4. The molecule has 2 unspecified atom stereocenters. The fourth-order valence-electron chi connectivity index (χ4n) is 2.36. The van der Waals surface area contributed by atoms with E-state index >= 15 is 0 Å². The van der Waals surface area contributed by atoms with E-state index in [-0.39, 0.29) is 0 Å². The first-order chi connectivity index (χ1) is 9.69. The first kappa shape index (κ1) is 15.1. The van der Waals surface area contributed by atoms with E-state index in [0.717, 1.165) is 12.2 Å². The maximum Gasteiger partial charge on any atom is 0.119 e. The van der Waals surface area contributed by atoms with E-state index in [9.17, 15) is 0 Å². The van der Waals surface area contributed by atoms with Crippen molar-refractivity contribution in [2.24, 2.45) is 0 Å². The summed E-state index contributed by atoms with van der Waals surface area (Å²) in [6.07, 6.45) is 1.07. The van der Waals surface area contributed by atoms with E-state index in [4.69, 9.17) is 4.74 Å². The molecule has 20 heavy (non-hydrogen) atoms. The smallest absolute Gasteiger partial charge is 0.119 e. The van der Waals surface area contributed by atoms with E-state index in [2.05, 4.69) is 48.1 Å². The zero-order valence-electron chi connectivity index (χ0n) is 12.4. The van der Waals surface area contributed by atoms with Crippen molar-refractivity contribution in [1.29, 1.82) is 0 Å². The predicted octanol–water partition coefficient (Wildman–Crippen LogP) is 4.43. The van der Waals surface area contributed by atoms with Crippen molar-refractivity contribution in [3.63, 3.8) is 0 Å². The molecule has 2 nitrogen and oxygen atoms in total. The monoisotopic (exact) mass is 289 g/mol. The Kier molecular flexibility index (Phi) is 5.62. The third-order valence-electron chi connectivity index (χ3n) is 3.35. The van der Waals surface area contributed by atoms with E-state index < -0.39 is 0 Å². The minimum absolute atomic E-state index is 0.347. The molecule has 0 bridgehead atoms. The molecule has 0 saturated carbocycles. The first-order valence-electron chi connectivity index (χ1n) is 7.19. The lowest BCUT2D eigenvalue weighted by Gasteiger charge is -2.20. The van der Waals surface area contributed by atoms with Crippen LogP contribution in [0.3, 0.4) is 0 Å². The van der Waals surface area contributed by atoms with Crippen molar-refractivity contribution in [1.82, 2.24) is 5.32 Å². The highest BCUT2D eigenvalue weighted by Gasteiger charge is 2.10. The van der Waals surface area contributed by atoms with Crippen LogP contribution in [0.4, 0.5) is 0 Å². The molecule has 0 fully saturated rings. The molecule has 1 aromatic heterocycles. The molecule has 1 N–H and O–H groups in total. The van der Waals surface area contributed by atoms with Gasteiger partial charge in [0.1, 0.15) is 5.75 Å². The second-order valence-electron chi connectivity index (χ2n) is 5.13. The van der Waals surface area contributed by atoms with Crippen LogP contribution in [0, 0.1) is 0 Å². The Bertz CT molecular complexity index is 492. The van der Waals surface area contributed by atoms with Crippen molar-refractivity contribution in [2.45, 2.75) is 39.3 Å². The minimum Gasteiger partial charge on any atom is -0.494 e. The van der Waals surface area contributed by atoms with Gasteiger partial charge in [0.2, 0.25) is 0 Å². The Morgan fingerprint density at radius 2 is 1.90 bits per heavy atom. The molecular formula is C17H23NOS. The summed E-state index contributed by atoms with van der Waals surface area (Å²) >= 11 is 1.76. The number of thiophene rings is 1. The maximum atomic E-state index is 5.47. The lowest BCUT2D eigenvalue weighted by molar-refractivity contribution is 0.340. The predicted molar refractivity (Wildman–Crippen MR) is 86.6 cm³/mol. The van der Waals surface area contributed by atoms with Crippen LogP contribution >= 0.6 is 11.3 Å². The van der Waals surface area contributed by atoms with Crippen molar-refractivity contribution in [2.75, 3.05) is 6.61 Å². The maximum absolute atomic E-state index is 5.47. The first-order valence-corrected chi connectivity index (χ1v) is 8.13. The summed E-state index contributed by atoms with van der Waals surface area (Å²) in [5.74, 6) is 0.940. The minimum atomic E-state index is 0.347. The average Bonchev–Trinajstić information content (AvgIpc) is 2.92. The largest absolute Gasteiger partial charge is 0.494 e. The Morgan fingerprint density at radius 1 is 1.15 bits per heavy atom. The average molecular weight is 289 g/mol. The van der Waals surface area contributed by atoms with Crippen molar-refractivity contribution in [3.8, 4) is 5.75 Å². The van der Waals surface area contributed by atoms with Crippen molar-refractivity contribution >= 4 is 11.3 Å². The third kappa shape index (κ3) is 4.36. The van der Waals surface area contributed by atoms with Gasteiger partial charge in [0.25, 0.3) is 0 Å². The Balaban J connectivity index is 1.88. The van der Waals surface area contributed by atoms with Gasteiger partial charge in [-0.25, -0.2) is 0 Å². The number of benzene rings is 1. The summed E-state index contributed by atoms with van der Waals surface area (Å²) in [6.45, 7) is 7.16. The van der Waals surface area contributed by atoms with Gasteiger partial charge in [0.05, 0.1) is 6.61 Å². The van der Waals surface area contributed by atoms with Crippen LogP contribution in [-0.4, -0.2) is 12.6 Å². The Morgan fingerprint density at radius 3 is 2.50 bits per heavy atom. The molecule has 2 rings (SSSR count). The lowest BCUT2D eigenvalue weighted by Crippen LogP contribution is -2.30. The second-order valence-corrected chi connectivity index (χ2v) is 5.91. The van der Waals surface area contributed by atoms with E-state index in [1.807, 2.05) is 19.1 Å². The molecule has 108 valence electrons. The summed E-state index contributed by atoms with van der Waals surface area (Å²) in [4.78, 5) is 0. The van der Waals surface area contributed by atoms with Gasteiger partial charge >= 0.3 is 0 Å². The summed E-state index contributed by atoms with van der Waals surface area (Å²) in [5, 5.41) is 8.01. The number of rotatable bonds is 7. The standard InChI is InChI=1S/C17H23NOS/c1-4-19-17-7-5-16(6-8-17)14(3)18-13(2)11-15-9-10-20-12-15/h5-10,12-14,18H,4,11H2,1-3H3. The van der Waals surface area contributed by atoms with Gasteiger partial charge in [0, 0.05) is 12.1 Å². The van der Waals surface area contributed by atoms with Gasteiger partial charge in [-0.3, -0.25) is 0 Å². The molecule has 0 aliphatic carbocycles. The molecule has 0 amide bonds. The van der Waals surface area contributed by atoms with Gasteiger partial charge in [-0.05, 0) is 67.3 Å². The normalized spacial score (nSPS) is 13.9. The van der Waals surface area contributed by atoms with Crippen LogP contribution in [0.1, 0.15) is 37.9 Å². The van der Waals surface area contributed by atoms with Crippen LogP contribution in [-0.2, 0) is 6.42 Å². The molecule has 0 aliphatic heterocycles. The summed E-state index contributed by atoms with van der Waals surface area (Å²) in [7, 11) is 0. The van der Waals surface area contributed by atoms with E-state index in [1.54, 1.807) is 11.3 Å². The van der Waals surface area contributed by atoms with Crippen molar-refractivity contribution < 1.29 is 4.74 Å². The highest BCUT2D eigenvalue weighted by Crippen LogP contribution is 2.19. The van der Waals surface area contributed by atoms with Crippen molar-refractivity contribution in [3.05, 3.63) is 52.2 Å². The van der Waals surface area contributed by atoms with Crippen LogP contribution in [0.15, 0.2) is 41.1 Å². The molecule has 0 spiro atoms. The quantitative estimate of drug-likeness (QED) is 0.814. The summed E-state index contributed by atoms with van der Waals surface area (Å²) < 4.78 is 5.47.